The van der Waals surface area contributed by atoms with Gasteiger partial charge in [-0.1, -0.05) is 0 Å². The molecule has 0 aliphatic carbocycles. The molecule has 15 heavy (non-hydrogen) atoms. The molecule has 0 aliphatic heterocycles. The van der Waals surface area contributed by atoms with Crippen LogP contribution in [0.3, 0.4) is 0 Å². The summed E-state index contributed by atoms with van der Waals surface area (Å²) in [5.41, 5.74) is -1.63. The number of carbonyl (C=O) groups excluding carboxylic acids is 1. The average Bonchev–Trinajstić information content (AvgIpc) is 2.06. The third kappa shape index (κ3) is 2.95. The Labute approximate surface area is 105 Å². The third-order valence-electron chi connectivity index (χ3n) is 1.58. The third-order valence-corrected chi connectivity index (χ3v) is 3.63. The van der Waals surface area contributed by atoms with Crippen LogP contribution in [0, 0.1) is 0 Å². The number of carbonyl (C=O) groups is 1. The second kappa shape index (κ2) is 4.43. The predicted octanol–water partition coefficient (Wildman–Crippen LogP) is 4.61. The summed E-state index contributed by atoms with van der Waals surface area (Å²) in [4.78, 5) is 10.8. The lowest BCUT2D eigenvalue weighted by Gasteiger charge is -2.11. The second-order valence-corrected chi connectivity index (χ2v) is 4.64. The number of rotatable bonds is 1. The molecule has 0 bridgehead atoms. The molecule has 0 amide bonds. The average molecular weight is 366 g/mol. The Bertz CT molecular complexity index is 417. The molecule has 1 nitrogen and oxygen atoms in total. The van der Waals surface area contributed by atoms with Crippen LogP contribution >= 0.6 is 43.5 Å². The minimum atomic E-state index is -4.61. The van der Waals surface area contributed by atoms with Gasteiger partial charge < -0.3 is 0 Å². The maximum atomic E-state index is 12.5. The van der Waals surface area contributed by atoms with Crippen molar-refractivity contribution in [3.63, 3.8) is 0 Å². The molecule has 0 fully saturated rings. The molecule has 0 aliphatic rings. The molecule has 0 heterocycles. The van der Waals surface area contributed by atoms with Crippen molar-refractivity contribution in [3.8, 4) is 0 Å². The highest BCUT2D eigenvalue weighted by Gasteiger charge is 2.35. The van der Waals surface area contributed by atoms with Crippen LogP contribution in [0.1, 0.15) is 15.9 Å². The highest BCUT2D eigenvalue weighted by molar-refractivity contribution is 9.13. The molecule has 0 aromatic heterocycles. The Hall–Kier alpha value is -0.0700. The minimum absolute atomic E-state index is 0.205. The fourth-order valence-electron chi connectivity index (χ4n) is 0.944. The van der Waals surface area contributed by atoms with E-state index < -0.39 is 22.5 Å². The van der Waals surface area contributed by atoms with E-state index in [4.69, 9.17) is 11.6 Å². The topological polar surface area (TPSA) is 17.1 Å². The van der Waals surface area contributed by atoms with Gasteiger partial charge >= 0.3 is 6.18 Å². The number of halogens is 6. The first-order valence-corrected chi connectivity index (χ1v) is 5.46. The first-order valence-electron chi connectivity index (χ1n) is 3.49. The smallest absolute Gasteiger partial charge is 0.276 e. The maximum absolute atomic E-state index is 12.5. The number of benzene rings is 1. The van der Waals surface area contributed by atoms with Gasteiger partial charge in [0.15, 0.2) is 0 Å². The van der Waals surface area contributed by atoms with Crippen LogP contribution in [-0.4, -0.2) is 5.24 Å². The van der Waals surface area contributed by atoms with E-state index in [-0.39, 0.29) is 4.47 Å². The summed E-state index contributed by atoms with van der Waals surface area (Å²) in [6.45, 7) is 0. The summed E-state index contributed by atoms with van der Waals surface area (Å²) in [5, 5.41) is -1.14. The molecule has 0 N–H and O–H groups in total. The van der Waals surface area contributed by atoms with Gasteiger partial charge in [-0.3, -0.25) is 4.79 Å². The van der Waals surface area contributed by atoms with Crippen LogP contribution in [0.5, 0.6) is 0 Å². The highest BCUT2D eigenvalue weighted by atomic mass is 79.9. The lowest BCUT2D eigenvalue weighted by atomic mass is 10.1. The van der Waals surface area contributed by atoms with E-state index in [1.54, 1.807) is 0 Å². The Balaban J connectivity index is 3.49. The predicted molar refractivity (Wildman–Crippen MR) is 57.0 cm³/mol. The number of hydrogen-bond donors (Lipinski definition) is 0. The van der Waals surface area contributed by atoms with Crippen molar-refractivity contribution in [2.75, 3.05) is 0 Å². The lowest BCUT2D eigenvalue weighted by Crippen LogP contribution is -2.11. The van der Waals surface area contributed by atoms with Crippen molar-refractivity contribution >= 4 is 48.7 Å². The molecule has 0 atom stereocenters. The fourth-order valence-corrected chi connectivity index (χ4v) is 1.79. The first kappa shape index (κ1) is 13.0. The summed E-state index contributed by atoms with van der Waals surface area (Å²) in [7, 11) is 0. The molecular weight excluding hydrogens is 364 g/mol. The van der Waals surface area contributed by atoms with Gasteiger partial charge in [0.05, 0.1) is 5.56 Å². The molecule has 7 heteroatoms. The van der Waals surface area contributed by atoms with Crippen LogP contribution in [0.15, 0.2) is 21.1 Å². The van der Waals surface area contributed by atoms with Crippen molar-refractivity contribution < 1.29 is 18.0 Å². The van der Waals surface area contributed by atoms with E-state index in [1.807, 2.05) is 0 Å². The zero-order valence-electron chi connectivity index (χ0n) is 6.83. The fraction of sp³-hybridized carbons (Fsp3) is 0.125. The van der Waals surface area contributed by atoms with Crippen molar-refractivity contribution in [2.24, 2.45) is 0 Å². The Kier molecular flexibility index (Phi) is 3.84. The highest BCUT2D eigenvalue weighted by Crippen LogP contribution is 2.37. The van der Waals surface area contributed by atoms with Crippen LogP contribution in [-0.2, 0) is 6.18 Å². The zero-order chi connectivity index (χ0) is 11.8. The Morgan fingerprint density at radius 2 is 1.67 bits per heavy atom. The summed E-state index contributed by atoms with van der Waals surface area (Å²) in [6, 6.07) is 1.84. The minimum Gasteiger partial charge on any atom is -0.276 e. The van der Waals surface area contributed by atoms with Gasteiger partial charge in [0, 0.05) is 14.5 Å². The summed E-state index contributed by atoms with van der Waals surface area (Å²) >= 11 is 11.0. The molecule has 1 rings (SSSR count). The van der Waals surface area contributed by atoms with E-state index >= 15 is 0 Å². The summed E-state index contributed by atoms with van der Waals surface area (Å²) < 4.78 is 38.0. The summed E-state index contributed by atoms with van der Waals surface area (Å²) in [5.74, 6) is 0. The quantitative estimate of drug-likeness (QED) is 0.664. The van der Waals surface area contributed by atoms with Crippen molar-refractivity contribution in [1.82, 2.24) is 0 Å². The van der Waals surface area contributed by atoms with Gasteiger partial charge in [-0.15, -0.1) is 0 Å². The molecular formula is C8H2Br2ClF3O. The Morgan fingerprint density at radius 1 is 1.20 bits per heavy atom. The maximum Gasteiger partial charge on any atom is 0.417 e. The van der Waals surface area contributed by atoms with Gasteiger partial charge in [-0.2, -0.15) is 13.2 Å². The van der Waals surface area contributed by atoms with E-state index in [2.05, 4.69) is 31.9 Å². The molecule has 0 saturated carbocycles. The van der Waals surface area contributed by atoms with Gasteiger partial charge in [0.1, 0.15) is 0 Å². The Morgan fingerprint density at radius 3 is 2.07 bits per heavy atom. The van der Waals surface area contributed by atoms with Gasteiger partial charge in [-0.05, 0) is 55.6 Å². The van der Waals surface area contributed by atoms with Crippen LogP contribution in [0.25, 0.3) is 0 Å². The van der Waals surface area contributed by atoms with E-state index in [0.29, 0.717) is 4.47 Å². The van der Waals surface area contributed by atoms with Gasteiger partial charge in [0.2, 0.25) is 0 Å². The molecule has 0 spiro atoms. The van der Waals surface area contributed by atoms with Crippen LogP contribution in [0.4, 0.5) is 13.2 Å². The van der Waals surface area contributed by atoms with E-state index in [0.717, 1.165) is 12.1 Å². The van der Waals surface area contributed by atoms with Crippen LogP contribution < -0.4 is 0 Å². The van der Waals surface area contributed by atoms with E-state index in [9.17, 15) is 18.0 Å². The van der Waals surface area contributed by atoms with Gasteiger partial charge in [0.25, 0.3) is 5.24 Å². The van der Waals surface area contributed by atoms with Crippen molar-refractivity contribution in [1.29, 1.82) is 0 Å². The van der Waals surface area contributed by atoms with E-state index in [1.165, 1.54) is 0 Å². The van der Waals surface area contributed by atoms with Crippen LogP contribution in [0.2, 0.25) is 0 Å². The molecule has 1 aromatic carbocycles. The zero-order valence-corrected chi connectivity index (χ0v) is 10.8. The normalized spacial score (nSPS) is 11.6. The molecule has 82 valence electrons. The molecule has 0 unspecified atom stereocenters. The SMILES string of the molecule is O=C(Cl)c1cc(Br)c(Br)cc1C(F)(F)F. The first-order chi connectivity index (χ1) is 6.73. The number of hydrogen-bond acceptors (Lipinski definition) is 1. The lowest BCUT2D eigenvalue weighted by molar-refractivity contribution is -0.137. The molecule has 1 aromatic rings. The molecule has 0 radical (unpaired) electrons. The van der Waals surface area contributed by atoms with Gasteiger partial charge in [-0.25, -0.2) is 0 Å². The second-order valence-electron chi connectivity index (χ2n) is 2.58. The standard InChI is InChI=1S/C8H2Br2ClF3O/c9-5-1-3(7(11)15)4(2-6(5)10)8(12,13)14/h1-2H. The summed E-state index contributed by atoms with van der Waals surface area (Å²) in [6.07, 6.45) is -4.61. The monoisotopic (exact) mass is 364 g/mol. The van der Waals surface area contributed by atoms with Crippen molar-refractivity contribution in [2.45, 2.75) is 6.18 Å². The largest absolute Gasteiger partial charge is 0.417 e. The van der Waals surface area contributed by atoms with Crippen molar-refractivity contribution in [3.05, 3.63) is 32.2 Å². The number of alkyl halides is 3. The molecule has 0 saturated heterocycles.